The monoisotopic (exact) mass is 385 g/mol. The van der Waals surface area contributed by atoms with Crippen LogP contribution in [0.5, 0.6) is 17.2 Å². The molecule has 148 valence electrons. The highest BCUT2D eigenvalue weighted by atomic mass is 16.6. The van der Waals surface area contributed by atoms with Crippen molar-refractivity contribution in [1.82, 2.24) is 0 Å². The van der Waals surface area contributed by atoms with Crippen molar-refractivity contribution in [2.75, 3.05) is 13.2 Å². The van der Waals surface area contributed by atoms with Crippen LogP contribution in [0.3, 0.4) is 0 Å². The molecule has 0 bridgehead atoms. The number of ether oxygens (including phenoxy) is 2. The fraction of sp³-hybridized carbons (Fsp3) is 0.381. The third-order valence-corrected chi connectivity index (χ3v) is 4.96. The molecule has 0 aliphatic carbocycles. The second kappa shape index (κ2) is 8.39. The number of nitro groups is 1. The van der Waals surface area contributed by atoms with E-state index in [2.05, 4.69) is 0 Å². The van der Waals surface area contributed by atoms with Gasteiger partial charge < -0.3 is 14.6 Å². The van der Waals surface area contributed by atoms with Gasteiger partial charge in [0.2, 0.25) is 0 Å². The number of nitro benzene ring substituents is 1. The van der Waals surface area contributed by atoms with Crippen molar-refractivity contribution in [2.24, 2.45) is 5.92 Å². The minimum absolute atomic E-state index is 0.000356. The molecule has 1 heterocycles. The Morgan fingerprint density at radius 1 is 1.21 bits per heavy atom. The zero-order valence-electron chi connectivity index (χ0n) is 15.9. The standard InChI is InChI=1S/C21H23NO6/c1-13-9-16(22(25)26)10-14(2)21(13)28-17-3-4-19(23)18(12-17)20(24)11-15-5-7-27-8-6-15/h3-4,9-10,12,15,23H,5-8,11H2,1-2H3. The summed E-state index contributed by atoms with van der Waals surface area (Å²) in [5.41, 5.74) is 1.46. The average Bonchev–Trinajstić information content (AvgIpc) is 2.66. The summed E-state index contributed by atoms with van der Waals surface area (Å²) in [5, 5.41) is 21.1. The highest BCUT2D eigenvalue weighted by Gasteiger charge is 2.21. The van der Waals surface area contributed by atoms with Crippen LogP contribution in [0.4, 0.5) is 5.69 Å². The molecular weight excluding hydrogens is 362 g/mol. The fourth-order valence-corrected chi connectivity index (χ4v) is 3.44. The van der Waals surface area contributed by atoms with Crippen molar-refractivity contribution in [1.29, 1.82) is 0 Å². The number of carbonyl (C=O) groups is 1. The van der Waals surface area contributed by atoms with Crippen LogP contribution in [-0.2, 0) is 4.74 Å². The van der Waals surface area contributed by atoms with E-state index in [1.54, 1.807) is 19.9 Å². The summed E-state index contributed by atoms with van der Waals surface area (Å²) in [4.78, 5) is 23.2. The van der Waals surface area contributed by atoms with Gasteiger partial charge in [0.05, 0.1) is 10.5 Å². The molecule has 1 fully saturated rings. The molecular formula is C21H23NO6. The van der Waals surface area contributed by atoms with Crippen molar-refractivity contribution < 1.29 is 24.3 Å². The maximum atomic E-state index is 12.7. The van der Waals surface area contributed by atoms with E-state index < -0.39 is 4.92 Å². The molecule has 0 amide bonds. The number of carbonyl (C=O) groups excluding carboxylic acids is 1. The molecule has 1 N–H and O–H groups in total. The average molecular weight is 385 g/mol. The van der Waals surface area contributed by atoms with Gasteiger partial charge in [-0.3, -0.25) is 14.9 Å². The molecule has 7 nitrogen and oxygen atoms in total. The molecule has 1 aliphatic heterocycles. The quantitative estimate of drug-likeness (QED) is 0.439. The predicted octanol–water partition coefficient (Wildman–Crippen LogP) is 4.71. The smallest absolute Gasteiger partial charge is 0.270 e. The molecule has 7 heteroatoms. The van der Waals surface area contributed by atoms with E-state index in [-0.39, 0.29) is 28.7 Å². The summed E-state index contributed by atoms with van der Waals surface area (Å²) >= 11 is 0. The number of ketones is 1. The number of hydrogen-bond acceptors (Lipinski definition) is 6. The summed E-state index contributed by atoms with van der Waals surface area (Å²) in [6.45, 7) is 4.78. The Balaban J connectivity index is 1.81. The van der Waals surface area contributed by atoms with Crippen molar-refractivity contribution in [3.8, 4) is 17.2 Å². The number of Topliss-reactive ketones (excluding diaryl/α,β-unsaturated/α-hetero) is 1. The van der Waals surface area contributed by atoms with Gasteiger partial charge in [-0.2, -0.15) is 0 Å². The number of phenols is 1. The zero-order chi connectivity index (χ0) is 20.3. The molecule has 0 unspecified atom stereocenters. The van der Waals surface area contributed by atoms with E-state index in [4.69, 9.17) is 9.47 Å². The second-order valence-electron chi connectivity index (χ2n) is 7.13. The lowest BCUT2D eigenvalue weighted by Crippen LogP contribution is -2.18. The van der Waals surface area contributed by atoms with Crippen molar-refractivity contribution in [3.05, 3.63) is 57.1 Å². The number of nitrogens with zero attached hydrogens (tertiary/aromatic N) is 1. The third-order valence-electron chi connectivity index (χ3n) is 4.96. The Labute approximate surface area is 163 Å². The Hall–Kier alpha value is -2.93. The summed E-state index contributed by atoms with van der Waals surface area (Å²) in [6.07, 6.45) is 2.03. The van der Waals surface area contributed by atoms with E-state index in [0.29, 0.717) is 42.3 Å². The highest BCUT2D eigenvalue weighted by Crippen LogP contribution is 2.34. The van der Waals surface area contributed by atoms with E-state index in [1.165, 1.54) is 24.3 Å². The molecule has 1 aliphatic rings. The summed E-state index contributed by atoms with van der Waals surface area (Å²) in [6, 6.07) is 7.42. The maximum Gasteiger partial charge on any atom is 0.270 e. The van der Waals surface area contributed by atoms with Crippen LogP contribution in [0.1, 0.15) is 40.7 Å². The Bertz CT molecular complexity index is 879. The topological polar surface area (TPSA) is 98.9 Å². The zero-order valence-corrected chi connectivity index (χ0v) is 15.9. The van der Waals surface area contributed by atoms with Crippen LogP contribution in [0.2, 0.25) is 0 Å². The number of non-ortho nitro benzene ring substituents is 1. The molecule has 0 spiro atoms. The van der Waals surface area contributed by atoms with Gasteiger partial charge in [-0.25, -0.2) is 0 Å². The van der Waals surface area contributed by atoms with Crippen LogP contribution in [0.25, 0.3) is 0 Å². The molecule has 0 radical (unpaired) electrons. The van der Waals surface area contributed by atoms with Gasteiger partial charge in [0.1, 0.15) is 17.2 Å². The molecule has 0 saturated carbocycles. The number of benzene rings is 2. The van der Waals surface area contributed by atoms with Gasteiger partial charge in [0.15, 0.2) is 5.78 Å². The van der Waals surface area contributed by atoms with Gasteiger partial charge in [0.25, 0.3) is 5.69 Å². The lowest BCUT2D eigenvalue weighted by atomic mass is 9.91. The number of rotatable bonds is 6. The maximum absolute atomic E-state index is 12.7. The molecule has 2 aromatic rings. The summed E-state index contributed by atoms with van der Waals surface area (Å²) in [5.74, 6) is 0.935. The Morgan fingerprint density at radius 3 is 2.46 bits per heavy atom. The van der Waals surface area contributed by atoms with Crippen molar-refractivity contribution >= 4 is 11.5 Å². The molecule has 0 aromatic heterocycles. The second-order valence-corrected chi connectivity index (χ2v) is 7.13. The summed E-state index contributed by atoms with van der Waals surface area (Å²) < 4.78 is 11.2. The lowest BCUT2D eigenvalue weighted by Gasteiger charge is -2.21. The first-order valence-electron chi connectivity index (χ1n) is 9.22. The van der Waals surface area contributed by atoms with Gasteiger partial charge in [-0.1, -0.05) is 0 Å². The van der Waals surface area contributed by atoms with Crippen LogP contribution in [0.15, 0.2) is 30.3 Å². The first-order chi connectivity index (χ1) is 13.3. The van der Waals surface area contributed by atoms with Crippen LogP contribution in [-0.4, -0.2) is 29.0 Å². The first-order valence-corrected chi connectivity index (χ1v) is 9.22. The lowest BCUT2D eigenvalue weighted by molar-refractivity contribution is -0.385. The van der Waals surface area contributed by atoms with E-state index in [0.717, 1.165) is 12.8 Å². The molecule has 3 rings (SSSR count). The van der Waals surface area contributed by atoms with E-state index in [9.17, 15) is 20.0 Å². The Kier molecular flexibility index (Phi) is 5.94. The molecule has 2 aromatic carbocycles. The third kappa shape index (κ3) is 4.48. The number of hydrogen-bond donors (Lipinski definition) is 1. The number of aromatic hydroxyl groups is 1. The van der Waals surface area contributed by atoms with Gasteiger partial charge in [-0.05, 0) is 61.9 Å². The van der Waals surface area contributed by atoms with Crippen LogP contribution in [0, 0.1) is 29.9 Å². The molecule has 28 heavy (non-hydrogen) atoms. The molecule has 0 atom stereocenters. The fourth-order valence-electron chi connectivity index (χ4n) is 3.44. The Morgan fingerprint density at radius 2 is 1.86 bits per heavy atom. The minimum atomic E-state index is -0.447. The van der Waals surface area contributed by atoms with E-state index in [1.807, 2.05) is 0 Å². The molecule has 1 saturated heterocycles. The van der Waals surface area contributed by atoms with Gasteiger partial charge >= 0.3 is 0 Å². The number of phenolic OH excluding ortho intramolecular Hbond substituents is 1. The van der Waals surface area contributed by atoms with Crippen LogP contribution < -0.4 is 4.74 Å². The number of aryl methyl sites for hydroxylation is 2. The van der Waals surface area contributed by atoms with Gasteiger partial charge in [0, 0.05) is 31.8 Å². The van der Waals surface area contributed by atoms with E-state index >= 15 is 0 Å². The predicted molar refractivity (Wildman–Crippen MR) is 103 cm³/mol. The van der Waals surface area contributed by atoms with Crippen LogP contribution >= 0.6 is 0 Å². The largest absolute Gasteiger partial charge is 0.507 e. The summed E-state index contributed by atoms with van der Waals surface area (Å²) in [7, 11) is 0. The minimum Gasteiger partial charge on any atom is -0.507 e. The van der Waals surface area contributed by atoms with Gasteiger partial charge in [-0.15, -0.1) is 0 Å². The van der Waals surface area contributed by atoms with Crippen molar-refractivity contribution in [3.63, 3.8) is 0 Å². The highest BCUT2D eigenvalue weighted by molar-refractivity contribution is 5.99. The SMILES string of the molecule is Cc1cc([N+](=O)[O-])cc(C)c1Oc1ccc(O)c(C(=O)CC2CCOCC2)c1. The first kappa shape index (κ1) is 19.8. The van der Waals surface area contributed by atoms with Crippen molar-refractivity contribution in [2.45, 2.75) is 33.1 Å². The normalized spacial score (nSPS) is 14.6.